The Hall–Kier alpha value is -3.26. The molecule has 0 spiro atoms. The summed E-state index contributed by atoms with van der Waals surface area (Å²) in [7, 11) is 3.33. The van der Waals surface area contributed by atoms with E-state index in [2.05, 4.69) is 23.1 Å². The van der Waals surface area contributed by atoms with Gasteiger partial charge in [0.25, 0.3) is 5.91 Å². The summed E-state index contributed by atoms with van der Waals surface area (Å²) in [6, 6.07) is 12.5. The van der Waals surface area contributed by atoms with E-state index in [1.807, 2.05) is 18.2 Å². The lowest BCUT2D eigenvalue weighted by atomic mass is 9.42. The smallest absolute Gasteiger partial charge is 0.260 e. The number of methoxy groups -OCH3 is 2. The third-order valence-electron chi connectivity index (χ3n) is 10.7. The summed E-state index contributed by atoms with van der Waals surface area (Å²) in [5.41, 5.74) is 3.48. The maximum atomic E-state index is 14.5. The van der Waals surface area contributed by atoms with E-state index in [0.29, 0.717) is 50.6 Å². The Balaban J connectivity index is 1.07. The predicted molar refractivity (Wildman–Crippen MR) is 157 cm³/mol. The maximum absolute atomic E-state index is 14.5. The van der Waals surface area contributed by atoms with Crippen LogP contribution in [0.3, 0.4) is 0 Å². The number of carbonyl (C=O) groups excluding carboxylic acids is 2. The number of benzene rings is 2. The SMILES string of the molecule is COc1cc2c(cc1OC)CN(C(=O)C13CC4CC(C1)CC(c1ccc(OCC(=O)N5CCOCC5)cc1)(C4)C3)CC2. The first-order valence-corrected chi connectivity index (χ1v) is 15.5. The monoisotopic (exact) mass is 574 g/mol. The molecule has 4 bridgehead atoms. The van der Waals surface area contributed by atoms with Gasteiger partial charge in [0.2, 0.25) is 5.91 Å². The molecule has 2 aromatic rings. The maximum Gasteiger partial charge on any atom is 0.260 e. The zero-order chi connectivity index (χ0) is 28.9. The number of amides is 2. The first kappa shape index (κ1) is 27.6. The van der Waals surface area contributed by atoms with Gasteiger partial charge in [0.1, 0.15) is 5.75 Å². The highest BCUT2D eigenvalue weighted by atomic mass is 16.5. The van der Waals surface area contributed by atoms with E-state index in [0.717, 1.165) is 67.9 Å². The van der Waals surface area contributed by atoms with E-state index in [4.69, 9.17) is 18.9 Å². The van der Waals surface area contributed by atoms with Crippen LogP contribution >= 0.6 is 0 Å². The van der Waals surface area contributed by atoms with Crippen LogP contribution in [0.5, 0.6) is 17.2 Å². The number of nitrogens with zero attached hydrogens (tertiary/aromatic N) is 2. The Bertz CT molecular complexity index is 1340. The fraction of sp³-hybridized carbons (Fsp3) is 0.588. The number of ether oxygens (including phenoxy) is 4. The molecule has 0 N–H and O–H groups in total. The van der Waals surface area contributed by atoms with Crippen LogP contribution in [0.1, 0.15) is 55.2 Å². The van der Waals surface area contributed by atoms with E-state index in [1.54, 1.807) is 19.1 Å². The Labute approximate surface area is 248 Å². The molecule has 2 unspecified atom stereocenters. The van der Waals surface area contributed by atoms with Crippen LogP contribution in [-0.2, 0) is 32.7 Å². The number of hydrogen-bond donors (Lipinski definition) is 0. The van der Waals surface area contributed by atoms with Crippen molar-refractivity contribution in [2.45, 2.75) is 56.9 Å². The quantitative estimate of drug-likeness (QED) is 0.489. The molecular formula is C34H42N2O6. The van der Waals surface area contributed by atoms with Crippen LogP contribution in [0, 0.1) is 17.3 Å². The molecule has 6 aliphatic rings. The van der Waals surface area contributed by atoms with Gasteiger partial charge in [0.05, 0.1) is 32.8 Å². The molecule has 4 aliphatic carbocycles. The molecule has 2 heterocycles. The van der Waals surface area contributed by atoms with E-state index in [-0.39, 0.29) is 23.3 Å². The standard InChI is InChI=1S/C34H42N2O6/c1-39-29-14-25-7-8-36(20-26(25)15-30(29)40-2)32(38)34-18-23-13-24(19-34)17-33(16-23,22-34)27-3-5-28(6-4-27)42-21-31(37)35-9-11-41-12-10-35/h3-6,14-15,23-24H,7-13,16-22H2,1-2H3. The zero-order valence-electron chi connectivity index (χ0n) is 24.9. The molecule has 0 aromatic heterocycles. The van der Waals surface area contributed by atoms with E-state index < -0.39 is 0 Å². The van der Waals surface area contributed by atoms with E-state index in [9.17, 15) is 9.59 Å². The minimum Gasteiger partial charge on any atom is -0.493 e. The summed E-state index contributed by atoms with van der Waals surface area (Å²) in [6.45, 7) is 3.85. The second-order valence-corrected chi connectivity index (χ2v) is 13.3. The second-order valence-electron chi connectivity index (χ2n) is 13.3. The normalized spacial score (nSPS) is 29.7. The molecular weight excluding hydrogens is 532 g/mol. The van der Waals surface area contributed by atoms with Gasteiger partial charge in [-0.3, -0.25) is 9.59 Å². The van der Waals surface area contributed by atoms with Crippen LogP contribution in [0.4, 0.5) is 0 Å². The molecule has 2 aromatic carbocycles. The highest BCUT2D eigenvalue weighted by molar-refractivity contribution is 5.84. The van der Waals surface area contributed by atoms with E-state index in [1.165, 1.54) is 17.5 Å². The number of fused-ring (bicyclic) bond motifs is 1. The fourth-order valence-electron chi connectivity index (χ4n) is 9.20. The van der Waals surface area contributed by atoms with Gasteiger partial charge in [-0.25, -0.2) is 0 Å². The van der Waals surface area contributed by atoms with Crippen molar-refractivity contribution in [2.24, 2.45) is 17.3 Å². The topological polar surface area (TPSA) is 77.5 Å². The first-order valence-electron chi connectivity index (χ1n) is 15.5. The Kier molecular flexibility index (Phi) is 7.08. The van der Waals surface area contributed by atoms with Crippen LogP contribution in [0.25, 0.3) is 0 Å². The molecule has 0 radical (unpaired) electrons. The van der Waals surface area contributed by atoms with Gasteiger partial charge in [-0.05, 0) is 103 Å². The molecule has 224 valence electrons. The van der Waals surface area contributed by atoms with Crippen LogP contribution in [0.2, 0.25) is 0 Å². The molecule has 8 nitrogen and oxygen atoms in total. The lowest BCUT2D eigenvalue weighted by molar-refractivity contribution is -0.161. The summed E-state index contributed by atoms with van der Waals surface area (Å²) in [6.07, 6.45) is 7.37. The number of morpholine rings is 1. The summed E-state index contributed by atoms with van der Waals surface area (Å²) >= 11 is 0. The fourth-order valence-corrected chi connectivity index (χ4v) is 9.20. The van der Waals surface area contributed by atoms with Crippen LogP contribution in [-0.4, -0.2) is 75.3 Å². The van der Waals surface area contributed by atoms with Gasteiger partial charge in [-0.1, -0.05) is 12.1 Å². The third kappa shape index (κ3) is 4.81. The molecule has 1 saturated heterocycles. The number of carbonyl (C=O) groups is 2. The van der Waals surface area contributed by atoms with Crippen LogP contribution < -0.4 is 14.2 Å². The van der Waals surface area contributed by atoms with Crippen molar-refractivity contribution < 1.29 is 28.5 Å². The molecule has 8 heteroatoms. The van der Waals surface area contributed by atoms with Crippen molar-refractivity contribution in [1.29, 1.82) is 0 Å². The summed E-state index contributed by atoms with van der Waals surface area (Å²) in [5, 5.41) is 0. The molecule has 2 atom stereocenters. The van der Waals surface area contributed by atoms with Gasteiger partial charge < -0.3 is 28.7 Å². The predicted octanol–water partition coefficient (Wildman–Crippen LogP) is 4.36. The number of rotatable bonds is 7. The average molecular weight is 575 g/mol. The average Bonchev–Trinajstić information content (AvgIpc) is 3.02. The van der Waals surface area contributed by atoms with Crippen molar-refractivity contribution in [3.05, 3.63) is 53.1 Å². The molecule has 5 fully saturated rings. The zero-order valence-corrected chi connectivity index (χ0v) is 24.9. The van der Waals surface area contributed by atoms with E-state index >= 15 is 0 Å². The minimum atomic E-state index is -0.280. The van der Waals surface area contributed by atoms with Crippen molar-refractivity contribution in [3.63, 3.8) is 0 Å². The molecule has 2 aliphatic heterocycles. The highest BCUT2D eigenvalue weighted by Crippen LogP contribution is 2.66. The summed E-state index contributed by atoms with van der Waals surface area (Å²) in [4.78, 5) is 30.9. The Morgan fingerprint density at radius 3 is 2.21 bits per heavy atom. The Morgan fingerprint density at radius 2 is 1.55 bits per heavy atom. The Morgan fingerprint density at radius 1 is 0.881 bits per heavy atom. The van der Waals surface area contributed by atoms with Crippen molar-refractivity contribution >= 4 is 11.8 Å². The van der Waals surface area contributed by atoms with Gasteiger partial charge in [-0.15, -0.1) is 0 Å². The minimum absolute atomic E-state index is 0.00170. The van der Waals surface area contributed by atoms with Crippen molar-refractivity contribution in [1.82, 2.24) is 9.80 Å². The van der Waals surface area contributed by atoms with Gasteiger partial charge in [0.15, 0.2) is 18.1 Å². The van der Waals surface area contributed by atoms with Gasteiger partial charge >= 0.3 is 0 Å². The highest BCUT2D eigenvalue weighted by Gasteiger charge is 2.61. The lowest BCUT2D eigenvalue weighted by Crippen LogP contribution is -2.60. The molecule has 8 rings (SSSR count). The second kappa shape index (κ2) is 10.8. The summed E-state index contributed by atoms with van der Waals surface area (Å²) in [5.74, 6) is 3.73. The molecule has 42 heavy (non-hydrogen) atoms. The molecule has 2 amide bonds. The largest absolute Gasteiger partial charge is 0.493 e. The summed E-state index contributed by atoms with van der Waals surface area (Å²) < 4.78 is 22.3. The van der Waals surface area contributed by atoms with Crippen molar-refractivity contribution in [3.8, 4) is 17.2 Å². The van der Waals surface area contributed by atoms with Gasteiger partial charge in [-0.2, -0.15) is 0 Å². The molecule has 4 saturated carbocycles. The number of hydrogen-bond acceptors (Lipinski definition) is 6. The lowest BCUT2D eigenvalue weighted by Gasteiger charge is -2.62. The first-order chi connectivity index (χ1) is 20.4. The van der Waals surface area contributed by atoms with Crippen molar-refractivity contribution in [2.75, 3.05) is 53.7 Å². The van der Waals surface area contributed by atoms with Gasteiger partial charge in [0, 0.05) is 26.2 Å². The van der Waals surface area contributed by atoms with Crippen LogP contribution in [0.15, 0.2) is 36.4 Å². The third-order valence-corrected chi connectivity index (χ3v) is 10.7.